The van der Waals surface area contributed by atoms with E-state index in [0.717, 1.165) is 0 Å². The summed E-state index contributed by atoms with van der Waals surface area (Å²) < 4.78 is 37.4. The third kappa shape index (κ3) is 5.25. The van der Waals surface area contributed by atoms with Gasteiger partial charge in [-0.05, 0) is 37.3 Å². The molecule has 1 saturated heterocycles. The molecule has 0 amide bonds. The third-order valence-corrected chi connectivity index (χ3v) is 8.23. The Kier molecular flexibility index (Phi) is 8.06. The topological polar surface area (TPSA) is 179 Å². The van der Waals surface area contributed by atoms with Crippen molar-refractivity contribution in [3.8, 4) is 11.8 Å². The first-order valence-corrected chi connectivity index (χ1v) is 13.7. The minimum Gasteiger partial charge on any atom is -0.466 e. The van der Waals surface area contributed by atoms with E-state index in [4.69, 9.17) is 24.3 Å². The lowest BCUT2D eigenvalue weighted by Gasteiger charge is -2.25. The Morgan fingerprint density at radius 1 is 1.29 bits per heavy atom. The lowest BCUT2D eigenvalue weighted by atomic mass is 9.92. The van der Waals surface area contributed by atoms with E-state index in [0.29, 0.717) is 11.2 Å². The first-order chi connectivity index (χ1) is 18.1. The average molecular weight is 545 g/mol. The number of hydrogen-bond donors (Lipinski definition) is 3. The molecular formula is C25H29N4O8P. The molecule has 0 bridgehead atoms. The zero-order valence-corrected chi connectivity index (χ0v) is 21.7. The van der Waals surface area contributed by atoms with Gasteiger partial charge in [0.25, 0.3) is 0 Å². The minimum absolute atomic E-state index is 0.149. The third-order valence-electron chi connectivity index (χ3n) is 6.20. The molecule has 202 valence electrons. The summed E-state index contributed by atoms with van der Waals surface area (Å²) in [5.74, 6) is -1.16. The maximum absolute atomic E-state index is 13.8. The average Bonchev–Trinajstić information content (AvgIpc) is 3.44. The second-order valence-electron chi connectivity index (χ2n) is 8.89. The molecule has 38 heavy (non-hydrogen) atoms. The van der Waals surface area contributed by atoms with Crippen LogP contribution in [0.4, 0.5) is 5.69 Å². The number of nitriles is 1. The molecule has 1 aliphatic rings. The number of carbonyl (C=O) groups is 1. The van der Waals surface area contributed by atoms with Crippen LogP contribution in [0.25, 0.3) is 5.52 Å². The van der Waals surface area contributed by atoms with Gasteiger partial charge in [-0.15, -0.1) is 0 Å². The molecule has 3 aromatic rings. The number of aliphatic hydroxyl groups is 2. The van der Waals surface area contributed by atoms with E-state index in [-0.39, 0.29) is 24.2 Å². The molecule has 4 N–H and O–H groups in total. The number of ether oxygens (including phenoxy) is 2. The molecule has 3 heterocycles. The van der Waals surface area contributed by atoms with E-state index < -0.39 is 50.0 Å². The largest absolute Gasteiger partial charge is 0.466 e. The summed E-state index contributed by atoms with van der Waals surface area (Å²) in [6, 6.07) is 14.9. The second kappa shape index (κ2) is 11.1. The number of aliphatic hydroxyl groups excluding tert-OH is 2. The second-order valence-corrected chi connectivity index (χ2v) is 10.9. The summed E-state index contributed by atoms with van der Waals surface area (Å²) in [5.41, 5.74) is 4.98. The van der Waals surface area contributed by atoms with Gasteiger partial charge in [-0.1, -0.05) is 25.1 Å². The summed E-state index contributed by atoms with van der Waals surface area (Å²) in [6.45, 7) is 2.83. The number of para-hydroxylation sites is 1. The molecule has 4 rings (SSSR count). The van der Waals surface area contributed by atoms with Crippen molar-refractivity contribution in [1.29, 1.82) is 5.26 Å². The maximum Gasteiger partial charge on any atom is 0.380 e. The van der Waals surface area contributed by atoms with Crippen LogP contribution < -0.4 is 10.3 Å². The molecule has 12 nitrogen and oxygen atoms in total. The van der Waals surface area contributed by atoms with Crippen LogP contribution in [0.5, 0.6) is 5.75 Å². The number of aromatic nitrogens is 2. The maximum atomic E-state index is 13.8. The number of hydrogen-bond acceptors (Lipinski definition) is 11. The van der Waals surface area contributed by atoms with E-state index in [1.54, 1.807) is 49.4 Å². The Morgan fingerprint density at radius 3 is 2.71 bits per heavy atom. The highest BCUT2D eigenvalue weighted by molar-refractivity contribution is 7.54. The van der Waals surface area contributed by atoms with Crippen molar-refractivity contribution >= 4 is 24.8 Å². The van der Waals surface area contributed by atoms with Crippen LogP contribution in [0.3, 0.4) is 0 Å². The molecule has 0 unspecified atom stereocenters. The fourth-order valence-corrected chi connectivity index (χ4v) is 6.14. The first-order valence-electron chi connectivity index (χ1n) is 12.0. The van der Waals surface area contributed by atoms with Crippen molar-refractivity contribution in [3.05, 3.63) is 60.4 Å². The molecule has 1 fully saturated rings. The van der Waals surface area contributed by atoms with Gasteiger partial charge in [0.15, 0.2) is 0 Å². The van der Waals surface area contributed by atoms with Crippen molar-refractivity contribution in [2.75, 3.05) is 25.1 Å². The smallest absolute Gasteiger partial charge is 0.380 e. The number of benzene rings is 1. The van der Waals surface area contributed by atoms with Gasteiger partial charge in [-0.3, -0.25) is 9.32 Å². The SMILES string of the molecule is CCOC(=O)[C@H](C)C[P@](=O)(OC[C@H]1O[C@@](C#N)(c2ccc3c(N)ccnn23)[C@H](O)[C@@H]1O)Oc1ccccc1. The fourth-order valence-electron chi connectivity index (χ4n) is 4.27. The number of anilines is 1. The highest BCUT2D eigenvalue weighted by atomic mass is 31.2. The summed E-state index contributed by atoms with van der Waals surface area (Å²) >= 11 is 0. The molecule has 0 saturated carbocycles. The van der Waals surface area contributed by atoms with Crippen LogP contribution in [0, 0.1) is 17.2 Å². The number of nitrogens with zero attached hydrogens (tertiary/aromatic N) is 3. The van der Waals surface area contributed by atoms with E-state index in [1.165, 1.54) is 23.7 Å². The molecular weight excluding hydrogens is 515 g/mol. The van der Waals surface area contributed by atoms with Gasteiger partial charge in [0.1, 0.15) is 30.1 Å². The first kappa shape index (κ1) is 27.6. The standard InChI is InChI=1S/C25H29N4O8P/c1-3-34-24(32)16(2)14-38(33,37-17-7-5-4-6-8-17)35-13-20-22(30)23(31)25(15-26,36-20)21-10-9-19-18(27)11-12-28-29(19)21/h4-12,16,20,22-23,30-31H,3,13-14,27H2,1-2H3/t16-,20-,22-,23-,25+,38+/m1/s1. The van der Waals surface area contributed by atoms with Gasteiger partial charge in [-0.25, -0.2) is 9.08 Å². The van der Waals surface area contributed by atoms with Crippen molar-refractivity contribution in [2.24, 2.45) is 5.92 Å². The van der Waals surface area contributed by atoms with E-state index in [1.807, 2.05) is 6.07 Å². The van der Waals surface area contributed by atoms with Crippen LogP contribution in [-0.2, 0) is 29.0 Å². The number of fused-ring (bicyclic) bond motifs is 1. The molecule has 2 aromatic heterocycles. The van der Waals surface area contributed by atoms with Gasteiger partial charge in [-0.2, -0.15) is 10.4 Å². The van der Waals surface area contributed by atoms with E-state index in [2.05, 4.69) is 5.10 Å². The monoisotopic (exact) mass is 544 g/mol. The summed E-state index contributed by atoms with van der Waals surface area (Å²) in [5, 5.41) is 36.0. The number of nitrogen functional groups attached to an aromatic ring is 1. The van der Waals surface area contributed by atoms with E-state index in [9.17, 15) is 24.8 Å². The molecule has 0 aliphatic carbocycles. The predicted octanol–water partition coefficient (Wildman–Crippen LogP) is 2.24. The van der Waals surface area contributed by atoms with Gasteiger partial charge in [0.2, 0.25) is 5.60 Å². The fraction of sp³-hybridized carbons (Fsp3) is 0.400. The summed E-state index contributed by atoms with van der Waals surface area (Å²) in [6.07, 6.45) is -3.45. The molecule has 6 atom stereocenters. The normalized spacial score (nSPS) is 25.4. The van der Waals surface area contributed by atoms with Crippen LogP contribution in [0.15, 0.2) is 54.7 Å². The Hall–Kier alpha value is -3.46. The van der Waals surface area contributed by atoms with Gasteiger partial charge in [0, 0.05) is 6.20 Å². The van der Waals surface area contributed by atoms with Gasteiger partial charge in [0.05, 0.1) is 42.2 Å². The minimum atomic E-state index is -4.02. The van der Waals surface area contributed by atoms with Gasteiger partial charge >= 0.3 is 13.6 Å². The molecule has 0 spiro atoms. The molecule has 1 aromatic carbocycles. The lowest BCUT2D eigenvalue weighted by molar-refractivity contribution is -0.146. The number of carbonyl (C=O) groups excluding carboxylic acids is 1. The van der Waals surface area contributed by atoms with Crippen LogP contribution in [0.2, 0.25) is 0 Å². The highest BCUT2D eigenvalue weighted by Gasteiger charge is 2.58. The van der Waals surface area contributed by atoms with Crippen LogP contribution in [-0.4, -0.2) is 63.5 Å². The molecule has 13 heteroatoms. The Balaban J connectivity index is 1.58. The van der Waals surface area contributed by atoms with Gasteiger partial charge < -0.3 is 29.9 Å². The number of rotatable bonds is 10. The Labute approximate surface area is 219 Å². The lowest BCUT2D eigenvalue weighted by Crippen LogP contribution is -2.41. The highest BCUT2D eigenvalue weighted by Crippen LogP contribution is 2.51. The van der Waals surface area contributed by atoms with Crippen molar-refractivity contribution in [1.82, 2.24) is 9.61 Å². The van der Waals surface area contributed by atoms with Crippen molar-refractivity contribution in [3.63, 3.8) is 0 Å². The van der Waals surface area contributed by atoms with Crippen molar-refractivity contribution in [2.45, 2.75) is 37.8 Å². The van der Waals surface area contributed by atoms with Crippen LogP contribution >= 0.6 is 7.60 Å². The Bertz CT molecular complexity index is 1380. The predicted molar refractivity (Wildman–Crippen MR) is 135 cm³/mol. The van der Waals surface area contributed by atoms with E-state index >= 15 is 0 Å². The summed E-state index contributed by atoms with van der Waals surface area (Å²) in [7, 11) is -4.02. The summed E-state index contributed by atoms with van der Waals surface area (Å²) in [4.78, 5) is 12.2. The molecule has 1 aliphatic heterocycles. The van der Waals surface area contributed by atoms with Crippen molar-refractivity contribution < 1.29 is 38.1 Å². The number of esters is 1. The Morgan fingerprint density at radius 2 is 2.03 bits per heavy atom. The molecule has 0 radical (unpaired) electrons. The van der Waals surface area contributed by atoms with Crippen LogP contribution in [0.1, 0.15) is 19.5 Å². The zero-order chi connectivity index (χ0) is 27.5. The quantitative estimate of drug-likeness (QED) is 0.252. The zero-order valence-electron chi connectivity index (χ0n) is 20.8. The number of nitrogens with two attached hydrogens (primary N) is 1.